The van der Waals surface area contributed by atoms with Crippen LogP contribution in [0.2, 0.25) is 0 Å². The van der Waals surface area contributed by atoms with E-state index in [1.807, 2.05) is 44.2 Å². The summed E-state index contributed by atoms with van der Waals surface area (Å²) >= 11 is 0. The summed E-state index contributed by atoms with van der Waals surface area (Å²) in [5.41, 5.74) is 2.10. The number of benzene rings is 3. The first kappa shape index (κ1) is 43.4. The minimum atomic E-state index is -1.03. The van der Waals surface area contributed by atoms with Crippen molar-refractivity contribution in [2.75, 3.05) is 39.2 Å². The Bertz CT molecular complexity index is 2080. The number of carbonyl (C=O) groups excluding carboxylic acids is 5. The van der Waals surface area contributed by atoms with Crippen LogP contribution in [-0.4, -0.2) is 96.4 Å². The molecular weight excluding hydrogens is 757 g/mol. The Kier molecular flexibility index (Phi) is 15.6. The molecule has 1 aromatic heterocycles. The van der Waals surface area contributed by atoms with Gasteiger partial charge in [-0.2, -0.15) is 0 Å². The van der Waals surface area contributed by atoms with E-state index in [4.69, 9.17) is 14.2 Å². The highest BCUT2D eigenvalue weighted by Gasteiger charge is 2.27. The zero-order chi connectivity index (χ0) is 42.3. The first-order chi connectivity index (χ1) is 28.4. The van der Waals surface area contributed by atoms with Gasteiger partial charge in [0, 0.05) is 55.3 Å². The van der Waals surface area contributed by atoms with E-state index >= 15 is 0 Å². The third-order valence-corrected chi connectivity index (χ3v) is 9.41. The molecule has 5 N–H and O–H groups in total. The van der Waals surface area contributed by atoms with Crippen molar-refractivity contribution in [1.29, 1.82) is 0 Å². The Balaban J connectivity index is 1.41. The number of hydrogen-bond donors (Lipinski definition) is 5. The van der Waals surface area contributed by atoms with E-state index in [1.165, 1.54) is 31.5 Å². The van der Waals surface area contributed by atoms with E-state index in [2.05, 4.69) is 36.6 Å². The van der Waals surface area contributed by atoms with Gasteiger partial charge in [-0.05, 0) is 82.3 Å². The molecule has 2 atom stereocenters. The van der Waals surface area contributed by atoms with Crippen LogP contribution in [0.4, 0.5) is 5.95 Å². The largest absolute Gasteiger partial charge is 0.496 e. The smallest absolute Gasteiger partial charge is 0.257 e. The van der Waals surface area contributed by atoms with Crippen LogP contribution in [0.15, 0.2) is 79.1 Å². The molecule has 0 aliphatic carbocycles. The molecule has 6 rings (SSSR count). The zero-order valence-corrected chi connectivity index (χ0v) is 34.0. The molecule has 16 nitrogen and oxygen atoms in total. The Morgan fingerprint density at radius 2 is 1.64 bits per heavy atom. The molecule has 16 heteroatoms. The lowest BCUT2D eigenvalue weighted by Crippen LogP contribution is -2.54. The molecule has 3 aromatic carbocycles. The quantitative estimate of drug-likeness (QED) is 0.161. The maximum absolute atomic E-state index is 13.9. The highest BCUT2D eigenvalue weighted by Crippen LogP contribution is 2.35. The summed E-state index contributed by atoms with van der Waals surface area (Å²) in [6.45, 7) is 5.54. The summed E-state index contributed by atoms with van der Waals surface area (Å²) in [5, 5.41) is 14.4. The Labute approximate surface area is 343 Å². The van der Waals surface area contributed by atoms with Gasteiger partial charge in [0.25, 0.3) is 11.8 Å². The number of carbonyl (C=O) groups is 5. The molecule has 4 aromatic rings. The minimum absolute atomic E-state index is 0.0709. The second kappa shape index (κ2) is 21.2. The predicted molar refractivity (Wildman–Crippen MR) is 220 cm³/mol. The molecule has 2 aliphatic rings. The van der Waals surface area contributed by atoms with Crippen molar-refractivity contribution in [3.05, 3.63) is 101 Å². The normalized spacial score (nSPS) is 17.3. The molecular formula is C43H52N8O8. The van der Waals surface area contributed by atoms with Crippen molar-refractivity contribution in [2.24, 2.45) is 0 Å². The van der Waals surface area contributed by atoms with Gasteiger partial charge in [-0.25, -0.2) is 9.97 Å². The van der Waals surface area contributed by atoms with Crippen LogP contribution in [0.25, 0.3) is 0 Å². The second-order valence-electron chi connectivity index (χ2n) is 14.3. The number of methoxy groups -OCH3 is 2. The van der Waals surface area contributed by atoms with Crippen molar-refractivity contribution in [3.8, 4) is 23.0 Å². The lowest BCUT2D eigenvalue weighted by Gasteiger charge is -2.25. The Hall–Kier alpha value is -6.71. The highest BCUT2D eigenvalue weighted by molar-refractivity contribution is 5.97. The Morgan fingerprint density at radius 3 is 2.36 bits per heavy atom. The van der Waals surface area contributed by atoms with Crippen molar-refractivity contribution in [1.82, 2.24) is 36.1 Å². The average molecular weight is 809 g/mol. The van der Waals surface area contributed by atoms with E-state index < -0.39 is 35.7 Å². The summed E-state index contributed by atoms with van der Waals surface area (Å²) in [6, 6.07) is 17.5. The van der Waals surface area contributed by atoms with Crippen molar-refractivity contribution in [3.63, 3.8) is 0 Å². The molecule has 0 saturated carbocycles. The molecule has 0 radical (unpaired) electrons. The molecule has 0 spiro atoms. The zero-order valence-electron chi connectivity index (χ0n) is 34.0. The maximum atomic E-state index is 13.9. The van der Waals surface area contributed by atoms with Crippen LogP contribution in [0.1, 0.15) is 71.9 Å². The monoisotopic (exact) mass is 808 g/mol. The number of amides is 5. The van der Waals surface area contributed by atoms with Crippen LogP contribution in [0.5, 0.6) is 23.0 Å². The fourth-order valence-electron chi connectivity index (χ4n) is 6.25. The lowest BCUT2D eigenvalue weighted by atomic mass is 10.0. The van der Waals surface area contributed by atoms with E-state index in [0.717, 1.165) is 5.56 Å². The third kappa shape index (κ3) is 12.6. The first-order valence-corrected chi connectivity index (χ1v) is 19.5. The fraction of sp³-hybridized carbons (Fsp3) is 0.372. The molecule has 5 amide bonds. The number of aromatic nitrogens is 2. The molecule has 59 heavy (non-hydrogen) atoms. The van der Waals surface area contributed by atoms with Crippen LogP contribution >= 0.6 is 0 Å². The van der Waals surface area contributed by atoms with Crippen LogP contribution in [-0.2, 0) is 27.3 Å². The van der Waals surface area contributed by atoms with E-state index in [1.54, 1.807) is 43.3 Å². The topological polar surface area (TPSA) is 202 Å². The molecule has 0 saturated heterocycles. The van der Waals surface area contributed by atoms with Gasteiger partial charge in [0.1, 0.15) is 23.6 Å². The van der Waals surface area contributed by atoms with Gasteiger partial charge in [0.2, 0.25) is 23.7 Å². The van der Waals surface area contributed by atoms with Gasteiger partial charge in [-0.15, -0.1) is 0 Å². The predicted octanol–water partition coefficient (Wildman–Crippen LogP) is 4.01. The highest BCUT2D eigenvalue weighted by atomic mass is 16.5. The van der Waals surface area contributed by atoms with E-state index in [-0.39, 0.29) is 50.1 Å². The molecule has 0 unspecified atom stereocenters. The SMILES string of the molecule is COc1cc2ccc1CNC(=O)[C@H](C)NC(=O)[C@H](CCc1ccccc1)NC(=O)CN(C(=O)c1cnc(NC(C)C)nc1)CCCCNC(=O)c1ccc(OC)c(c1)O2. The van der Waals surface area contributed by atoms with E-state index in [9.17, 15) is 24.0 Å². The van der Waals surface area contributed by atoms with Gasteiger partial charge in [-0.3, -0.25) is 24.0 Å². The van der Waals surface area contributed by atoms with Gasteiger partial charge in [0.05, 0.1) is 26.3 Å². The average Bonchev–Trinajstić information content (AvgIpc) is 3.23. The number of anilines is 1. The lowest BCUT2D eigenvalue weighted by molar-refractivity contribution is -0.132. The summed E-state index contributed by atoms with van der Waals surface area (Å²) in [4.78, 5) is 77.8. The van der Waals surface area contributed by atoms with Crippen molar-refractivity contribution < 1.29 is 38.2 Å². The van der Waals surface area contributed by atoms with Crippen LogP contribution in [0.3, 0.4) is 0 Å². The van der Waals surface area contributed by atoms with Crippen molar-refractivity contribution >= 4 is 35.5 Å². The second-order valence-corrected chi connectivity index (χ2v) is 14.3. The Morgan fingerprint density at radius 1 is 0.898 bits per heavy atom. The number of aryl methyl sites for hydroxylation is 1. The molecule has 2 aliphatic heterocycles. The number of nitrogens with one attached hydrogen (secondary N) is 5. The summed E-state index contributed by atoms with van der Waals surface area (Å²) in [5.74, 6) is -0.545. The van der Waals surface area contributed by atoms with Gasteiger partial charge in [-0.1, -0.05) is 30.3 Å². The number of hydrogen-bond acceptors (Lipinski definition) is 11. The summed E-state index contributed by atoms with van der Waals surface area (Å²) in [6.07, 6.45) is 4.36. The molecule has 4 bridgehead atoms. The number of fused-ring (bicyclic) bond motifs is 18. The minimum Gasteiger partial charge on any atom is -0.496 e. The number of ether oxygens (including phenoxy) is 3. The van der Waals surface area contributed by atoms with Crippen LogP contribution in [0, 0.1) is 0 Å². The van der Waals surface area contributed by atoms with Gasteiger partial charge < -0.3 is 45.7 Å². The standard InChI is InChI=1S/C43H52N8O8/c1-27(2)48-43-46-24-32(25-47-43)42(56)51-20-10-9-19-44-40(54)30-15-18-35(57-4)37(21-30)59-33-16-14-31(36(22-33)58-5)23-45-39(53)28(3)49-41(55)34(50-38(52)26-51)17-13-29-11-7-6-8-12-29/h6-8,11-12,14-16,18,21-22,24-25,27-28,34H,9-10,13,17,19-20,23,26H2,1-5H3,(H,44,54)(H,45,53)(H,49,55)(H,50,52)(H,46,47,48)/t28-,34-/m0/s1. The molecule has 312 valence electrons. The van der Waals surface area contributed by atoms with Gasteiger partial charge >= 0.3 is 0 Å². The van der Waals surface area contributed by atoms with E-state index in [0.29, 0.717) is 59.3 Å². The summed E-state index contributed by atoms with van der Waals surface area (Å²) < 4.78 is 17.2. The van der Waals surface area contributed by atoms with Crippen molar-refractivity contribution in [2.45, 2.75) is 71.1 Å². The van der Waals surface area contributed by atoms with Crippen LogP contribution < -0.4 is 40.8 Å². The third-order valence-electron chi connectivity index (χ3n) is 9.41. The summed E-state index contributed by atoms with van der Waals surface area (Å²) in [7, 11) is 2.99. The number of nitrogens with zero attached hydrogens (tertiary/aromatic N) is 3. The maximum Gasteiger partial charge on any atom is 0.257 e. The fourth-order valence-corrected chi connectivity index (χ4v) is 6.25. The van der Waals surface area contributed by atoms with Gasteiger partial charge in [0.15, 0.2) is 11.5 Å². The molecule has 3 heterocycles. The number of rotatable bonds is 8. The first-order valence-electron chi connectivity index (χ1n) is 19.5. The molecule has 0 fully saturated rings.